The van der Waals surface area contributed by atoms with Crippen LogP contribution >= 0.6 is 11.6 Å². The van der Waals surface area contributed by atoms with Gasteiger partial charge in [-0.05, 0) is 54.5 Å². The average Bonchev–Trinajstić information content (AvgIpc) is 1.99. The molecule has 0 bridgehead atoms. The van der Waals surface area contributed by atoms with Gasteiger partial charge >= 0.3 is 0 Å². The molecule has 0 heterocycles. The molecule has 0 aliphatic heterocycles. The van der Waals surface area contributed by atoms with Gasteiger partial charge in [0.1, 0.15) is 5.82 Å². The predicted octanol–water partition coefficient (Wildman–Crippen LogP) is 4.35. The Hall–Kier alpha value is -0.560. The highest BCUT2D eigenvalue weighted by Gasteiger charge is 2.24. The minimum atomic E-state index is -0.157. The fourth-order valence-electron chi connectivity index (χ4n) is 2.34. The summed E-state index contributed by atoms with van der Waals surface area (Å²) in [7, 11) is 0. The van der Waals surface area contributed by atoms with Gasteiger partial charge in [0.2, 0.25) is 0 Å². The van der Waals surface area contributed by atoms with E-state index in [2.05, 4.69) is 13.8 Å². The molecule has 2 heteroatoms. The fourth-order valence-corrected chi connectivity index (χ4v) is 2.81. The van der Waals surface area contributed by atoms with Crippen molar-refractivity contribution >= 4 is 11.6 Å². The second-order valence-electron chi connectivity index (χ2n) is 4.74. The fraction of sp³-hybridized carbons (Fsp3) is 0.538. The maximum atomic E-state index is 13.2. The Balaban J connectivity index is 3.24. The lowest BCUT2D eigenvalue weighted by atomic mass is 9.77. The van der Waals surface area contributed by atoms with Crippen molar-refractivity contribution in [3.05, 3.63) is 34.6 Å². The number of rotatable bonds is 3. The zero-order valence-electron chi connectivity index (χ0n) is 9.82. The van der Waals surface area contributed by atoms with Crippen LogP contribution in [0.1, 0.15) is 37.0 Å². The summed E-state index contributed by atoms with van der Waals surface area (Å²) in [4.78, 5) is 0. The summed E-state index contributed by atoms with van der Waals surface area (Å²) in [6.45, 7) is 8.23. The van der Waals surface area contributed by atoms with Crippen LogP contribution < -0.4 is 0 Å². The molecule has 1 rings (SSSR count). The molecule has 0 radical (unpaired) electrons. The first-order valence-electron chi connectivity index (χ1n) is 5.21. The van der Waals surface area contributed by atoms with E-state index in [4.69, 9.17) is 11.6 Å². The van der Waals surface area contributed by atoms with Crippen molar-refractivity contribution in [1.82, 2.24) is 0 Å². The smallest absolute Gasteiger partial charge is 0.123 e. The third kappa shape index (κ3) is 2.72. The normalized spacial score (nSPS) is 11.9. The summed E-state index contributed by atoms with van der Waals surface area (Å²) in [6, 6.07) is 3.19. The van der Waals surface area contributed by atoms with E-state index in [1.807, 2.05) is 13.8 Å². The van der Waals surface area contributed by atoms with E-state index >= 15 is 0 Å². The van der Waals surface area contributed by atoms with Gasteiger partial charge in [-0.2, -0.15) is 0 Å². The minimum Gasteiger partial charge on any atom is -0.207 e. The lowest BCUT2D eigenvalue weighted by molar-refractivity contribution is 0.501. The zero-order chi connectivity index (χ0) is 11.6. The van der Waals surface area contributed by atoms with Crippen LogP contribution in [0.2, 0.25) is 0 Å². The summed E-state index contributed by atoms with van der Waals surface area (Å²) >= 11 is 5.80. The largest absolute Gasteiger partial charge is 0.207 e. The number of halogens is 2. The van der Waals surface area contributed by atoms with Crippen LogP contribution in [0.5, 0.6) is 0 Å². The van der Waals surface area contributed by atoms with E-state index < -0.39 is 0 Å². The first kappa shape index (κ1) is 12.5. The van der Waals surface area contributed by atoms with Crippen LogP contribution in [-0.4, -0.2) is 5.88 Å². The molecular weight excluding hydrogens is 211 g/mol. The number of alkyl halides is 1. The predicted molar refractivity (Wildman–Crippen MR) is 64.2 cm³/mol. The lowest BCUT2D eigenvalue weighted by Crippen LogP contribution is -2.21. The zero-order valence-corrected chi connectivity index (χ0v) is 10.6. The monoisotopic (exact) mass is 228 g/mol. The molecule has 0 saturated carbocycles. The van der Waals surface area contributed by atoms with Crippen molar-refractivity contribution in [2.75, 3.05) is 5.88 Å². The molecular formula is C13H18ClF. The van der Waals surface area contributed by atoms with Gasteiger partial charge in [-0.3, -0.25) is 0 Å². The van der Waals surface area contributed by atoms with E-state index in [1.54, 1.807) is 12.1 Å². The highest BCUT2D eigenvalue weighted by atomic mass is 35.5. The summed E-state index contributed by atoms with van der Waals surface area (Å²) in [5.74, 6) is 0.471. The van der Waals surface area contributed by atoms with Crippen molar-refractivity contribution in [2.45, 2.75) is 39.5 Å². The highest BCUT2D eigenvalue weighted by Crippen LogP contribution is 2.33. The van der Waals surface area contributed by atoms with E-state index in [-0.39, 0.29) is 11.2 Å². The summed E-state index contributed by atoms with van der Waals surface area (Å²) < 4.78 is 13.2. The van der Waals surface area contributed by atoms with Crippen molar-refractivity contribution in [3.63, 3.8) is 0 Å². The number of hydrogen-bond acceptors (Lipinski definition) is 0. The van der Waals surface area contributed by atoms with Crippen LogP contribution in [0.25, 0.3) is 0 Å². The molecule has 0 spiro atoms. The van der Waals surface area contributed by atoms with Crippen LogP contribution in [0, 0.1) is 19.7 Å². The van der Waals surface area contributed by atoms with Gasteiger partial charge in [0.15, 0.2) is 0 Å². The summed E-state index contributed by atoms with van der Waals surface area (Å²) in [6.07, 6.45) is 0.905. The Morgan fingerprint density at radius 1 is 1.20 bits per heavy atom. The molecule has 0 nitrogen and oxygen atoms in total. The SMILES string of the molecule is Cc1cc(F)cc(C)c1C(C)(C)CCCl. The first-order valence-corrected chi connectivity index (χ1v) is 5.75. The van der Waals surface area contributed by atoms with Crippen molar-refractivity contribution in [3.8, 4) is 0 Å². The van der Waals surface area contributed by atoms with Crippen molar-refractivity contribution in [2.24, 2.45) is 0 Å². The second kappa shape index (κ2) is 4.52. The molecule has 1 aromatic rings. The first-order chi connectivity index (χ1) is 6.88. The molecule has 0 amide bonds. The number of aryl methyl sites for hydroxylation is 2. The van der Waals surface area contributed by atoms with E-state index in [9.17, 15) is 4.39 Å². The Kier molecular flexibility index (Phi) is 3.77. The van der Waals surface area contributed by atoms with E-state index in [0.717, 1.165) is 17.5 Å². The number of hydrogen-bond donors (Lipinski definition) is 0. The van der Waals surface area contributed by atoms with Gasteiger partial charge in [0, 0.05) is 5.88 Å². The molecule has 0 aromatic heterocycles. The van der Waals surface area contributed by atoms with Gasteiger partial charge < -0.3 is 0 Å². The lowest BCUT2D eigenvalue weighted by Gasteiger charge is -2.28. The molecule has 15 heavy (non-hydrogen) atoms. The van der Waals surface area contributed by atoms with E-state index in [1.165, 1.54) is 5.56 Å². The van der Waals surface area contributed by atoms with Crippen LogP contribution in [-0.2, 0) is 5.41 Å². The molecule has 84 valence electrons. The third-order valence-corrected chi connectivity index (χ3v) is 3.08. The molecule has 0 N–H and O–H groups in total. The maximum absolute atomic E-state index is 13.2. The van der Waals surface area contributed by atoms with Gasteiger partial charge in [-0.25, -0.2) is 4.39 Å². The van der Waals surface area contributed by atoms with Crippen LogP contribution in [0.3, 0.4) is 0 Å². The van der Waals surface area contributed by atoms with Gasteiger partial charge in [0.05, 0.1) is 0 Å². The summed E-state index contributed by atoms with van der Waals surface area (Å²) in [5.41, 5.74) is 3.28. The molecule has 0 fully saturated rings. The topological polar surface area (TPSA) is 0 Å². The van der Waals surface area contributed by atoms with Gasteiger partial charge in [-0.15, -0.1) is 11.6 Å². The Bertz CT molecular complexity index is 333. The van der Waals surface area contributed by atoms with Gasteiger partial charge in [-0.1, -0.05) is 13.8 Å². The maximum Gasteiger partial charge on any atom is 0.123 e. The quantitative estimate of drug-likeness (QED) is 0.675. The van der Waals surface area contributed by atoms with Crippen molar-refractivity contribution < 1.29 is 4.39 Å². The molecule has 0 aliphatic carbocycles. The second-order valence-corrected chi connectivity index (χ2v) is 5.12. The molecule has 0 unspecified atom stereocenters. The average molecular weight is 229 g/mol. The minimum absolute atomic E-state index is 0.0175. The summed E-state index contributed by atoms with van der Waals surface area (Å²) in [5, 5.41) is 0. The third-order valence-electron chi connectivity index (χ3n) is 2.89. The molecule has 1 aromatic carbocycles. The van der Waals surface area contributed by atoms with Crippen LogP contribution in [0.15, 0.2) is 12.1 Å². The highest BCUT2D eigenvalue weighted by molar-refractivity contribution is 6.17. The number of benzene rings is 1. The molecule has 0 saturated heterocycles. The van der Waals surface area contributed by atoms with Gasteiger partial charge in [0.25, 0.3) is 0 Å². The van der Waals surface area contributed by atoms with Crippen LogP contribution in [0.4, 0.5) is 4.39 Å². The Morgan fingerprint density at radius 2 is 1.67 bits per heavy atom. The Labute approximate surface area is 96.5 Å². The van der Waals surface area contributed by atoms with Crippen molar-refractivity contribution in [1.29, 1.82) is 0 Å². The molecule has 0 atom stereocenters. The Morgan fingerprint density at radius 3 is 2.07 bits per heavy atom. The van der Waals surface area contributed by atoms with E-state index in [0.29, 0.717) is 5.88 Å². The standard InChI is InChI=1S/C13H18ClF/c1-9-7-11(15)8-10(2)12(9)13(3,4)5-6-14/h7-8H,5-6H2,1-4H3. The molecule has 0 aliphatic rings.